The van der Waals surface area contributed by atoms with E-state index in [2.05, 4.69) is 20.6 Å². The largest absolute Gasteiger partial charge is 0.446 e. The van der Waals surface area contributed by atoms with E-state index in [9.17, 15) is 19.2 Å². The van der Waals surface area contributed by atoms with E-state index in [-0.39, 0.29) is 55.0 Å². The number of pyridine rings is 1. The van der Waals surface area contributed by atoms with Crippen LogP contribution >= 0.6 is 11.3 Å². The number of hydrogen-bond acceptors (Lipinski definition) is 8. The van der Waals surface area contributed by atoms with Crippen molar-refractivity contribution >= 4 is 45.4 Å². The molecule has 3 aromatic rings. The topological polar surface area (TPSA) is 131 Å². The van der Waals surface area contributed by atoms with Gasteiger partial charge in [-0.2, -0.15) is 0 Å². The molecule has 2 aliphatic heterocycles. The minimum Gasteiger partial charge on any atom is -0.446 e. The lowest BCUT2D eigenvalue weighted by atomic mass is 9.77. The predicted octanol–water partition coefficient (Wildman–Crippen LogP) is 2.76. The van der Waals surface area contributed by atoms with Gasteiger partial charge >= 0.3 is 6.09 Å². The number of ether oxygens (including phenoxy) is 1. The molecule has 2 aromatic heterocycles. The molecule has 4 amide bonds. The van der Waals surface area contributed by atoms with Crippen molar-refractivity contribution in [1.29, 1.82) is 0 Å². The third-order valence-corrected chi connectivity index (χ3v) is 7.98. The predicted molar refractivity (Wildman–Crippen MR) is 129 cm³/mol. The summed E-state index contributed by atoms with van der Waals surface area (Å²) >= 11 is 1.53. The van der Waals surface area contributed by atoms with E-state index in [1.54, 1.807) is 17.8 Å². The molecule has 1 atom stereocenters. The van der Waals surface area contributed by atoms with Crippen LogP contribution in [0.5, 0.6) is 0 Å². The number of carbonyl (C=O) groups excluding carboxylic acids is 4. The van der Waals surface area contributed by atoms with Crippen molar-refractivity contribution < 1.29 is 28.3 Å². The Morgan fingerprint density at radius 1 is 1.24 bits per heavy atom. The number of thiazole rings is 1. The number of alkyl carbamates (subject to hydrolysis) is 1. The van der Waals surface area contributed by atoms with Crippen molar-refractivity contribution in [2.24, 2.45) is 0 Å². The molecule has 2 fully saturated rings. The van der Waals surface area contributed by atoms with Gasteiger partial charge in [-0.3, -0.25) is 24.7 Å². The van der Waals surface area contributed by atoms with Crippen LogP contribution in [-0.4, -0.2) is 50.8 Å². The highest BCUT2D eigenvalue weighted by molar-refractivity contribution is 7.16. The smallest absolute Gasteiger partial charge is 0.407 e. The summed E-state index contributed by atoms with van der Waals surface area (Å²) in [6.45, 7) is -0.0675. The number of benzene rings is 1. The molecule has 10 nitrogen and oxygen atoms in total. The zero-order chi connectivity index (χ0) is 25.7. The van der Waals surface area contributed by atoms with Crippen LogP contribution in [0.2, 0.25) is 0 Å². The molecule has 12 heteroatoms. The fraction of sp³-hybridized carbons (Fsp3) is 0.360. The maximum Gasteiger partial charge on any atom is 0.407 e. The molecule has 4 heterocycles. The van der Waals surface area contributed by atoms with E-state index in [0.717, 1.165) is 15.8 Å². The van der Waals surface area contributed by atoms with Crippen molar-refractivity contribution in [3.8, 4) is 0 Å². The monoisotopic (exact) mass is 523 g/mol. The normalized spacial score (nSPS) is 23.0. The number of nitrogens with zero attached hydrogens (tertiary/aromatic N) is 3. The summed E-state index contributed by atoms with van der Waals surface area (Å²) in [6.07, 6.45) is 4.31. The first-order valence-electron chi connectivity index (χ1n) is 12.0. The number of aromatic nitrogens is 2. The van der Waals surface area contributed by atoms with Crippen molar-refractivity contribution in [3.63, 3.8) is 0 Å². The molecule has 1 saturated carbocycles. The number of piperidine rings is 1. The molecule has 1 aromatic carbocycles. The van der Waals surface area contributed by atoms with Crippen molar-refractivity contribution in [3.05, 3.63) is 58.1 Å². The number of fused-ring (bicyclic) bond motifs is 2. The highest BCUT2D eigenvalue weighted by Crippen LogP contribution is 2.41. The summed E-state index contributed by atoms with van der Waals surface area (Å²) in [5.41, 5.74) is 4.27. The zero-order valence-electron chi connectivity index (χ0n) is 19.5. The summed E-state index contributed by atoms with van der Waals surface area (Å²) in [5.74, 6) is -2.06. The van der Waals surface area contributed by atoms with Gasteiger partial charge in [-0.1, -0.05) is 12.1 Å². The van der Waals surface area contributed by atoms with E-state index < -0.39 is 29.8 Å². The van der Waals surface area contributed by atoms with Crippen LogP contribution in [-0.2, 0) is 27.4 Å². The molecule has 2 N–H and O–H groups in total. The van der Waals surface area contributed by atoms with Gasteiger partial charge in [-0.25, -0.2) is 14.2 Å². The van der Waals surface area contributed by atoms with E-state index in [0.29, 0.717) is 18.4 Å². The lowest BCUT2D eigenvalue weighted by molar-refractivity contribution is -0.136. The first-order valence-corrected chi connectivity index (χ1v) is 12.8. The molecule has 0 spiro atoms. The number of amides is 4. The van der Waals surface area contributed by atoms with E-state index in [1.165, 1.54) is 22.3 Å². The third-order valence-electron chi connectivity index (χ3n) is 7.22. The standard InChI is InChI=1S/C25H22FN5O5S/c26-21-12(1-2-13-10-31(24(34)20(13)21)17-3-4-19(32)30-23(17)33)7-28-25(35)36-15-5-14(6-15)16-8-27-9-18-22(16)29-11-37-18/h1-2,8-9,11,14-15,17H,3-7,10H2,(H,28,35)(H,30,32,33). The highest BCUT2D eigenvalue weighted by Gasteiger charge is 2.41. The second-order valence-electron chi connectivity index (χ2n) is 9.45. The van der Waals surface area contributed by atoms with Gasteiger partial charge < -0.3 is 15.0 Å². The number of imide groups is 1. The molecule has 3 aliphatic rings. The Kier molecular flexibility index (Phi) is 5.82. The molecule has 0 radical (unpaired) electrons. The van der Waals surface area contributed by atoms with Crippen LogP contribution in [0.3, 0.4) is 0 Å². The van der Waals surface area contributed by atoms with Crippen molar-refractivity contribution in [1.82, 2.24) is 25.5 Å². The molecule has 1 aliphatic carbocycles. The molecule has 6 rings (SSSR count). The van der Waals surface area contributed by atoms with Crippen LogP contribution in [0, 0.1) is 5.82 Å². The van der Waals surface area contributed by atoms with E-state index in [4.69, 9.17) is 4.74 Å². The molecule has 0 bridgehead atoms. The molecule has 1 unspecified atom stereocenters. The Hall–Kier alpha value is -3.93. The average molecular weight is 524 g/mol. The number of nitrogens with one attached hydrogen (secondary N) is 2. The van der Waals surface area contributed by atoms with Crippen molar-refractivity contribution in [2.75, 3.05) is 0 Å². The van der Waals surface area contributed by atoms with E-state index >= 15 is 4.39 Å². The first kappa shape index (κ1) is 23.5. The fourth-order valence-corrected chi connectivity index (χ4v) is 5.85. The summed E-state index contributed by atoms with van der Waals surface area (Å²) in [6, 6.07) is 2.31. The van der Waals surface area contributed by atoms with E-state index in [1.807, 2.05) is 6.20 Å². The quantitative estimate of drug-likeness (QED) is 0.492. The number of rotatable bonds is 5. The Morgan fingerprint density at radius 3 is 2.89 bits per heavy atom. The minimum absolute atomic E-state index is 0.0834. The van der Waals surface area contributed by atoms with Gasteiger partial charge in [-0.15, -0.1) is 11.3 Å². The van der Waals surface area contributed by atoms with Gasteiger partial charge in [0, 0.05) is 43.0 Å². The van der Waals surface area contributed by atoms with Gasteiger partial charge in [0.1, 0.15) is 18.0 Å². The molecule has 1 saturated heterocycles. The molecule has 37 heavy (non-hydrogen) atoms. The minimum atomic E-state index is -0.821. The van der Waals surface area contributed by atoms with Gasteiger partial charge in [0.2, 0.25) is 11.8 Å². The summed E-state index contributed by atoms with van der Waals surface area (Å²) in [5, 5.41) is 4.78. The van der Waals surface area contributed by atoms with Crippen molar-refractivity contribution in [2.45, 2.75) is 56.8 Å². The Morgan fingerprint density at radius 2 is 2.08 bits per heavy atom. The van der Waals surface area contributed by atoms with Crippen LogP contribution in [0.25, 0.3) is 10.2 Å². The lowest BCUT2D eigenvalue weighted by Crippen LogP contribution is -2.52. The number of carbonyl (C=O) groups is 4. The highest BCUT2D eigenvalue weighted by atomic mass is 32.1. The maximum absolute atomic E-state index is 15.2. The lowest BCUT2D eigenvalue weighted by Gasteiger charge is -2.34. The second-order valence-corrected chi connectivity index (χ2v) is 10.3. The van der Waals surface area contributed by atoms with Crippen LogP contribution in [0.1, 0.15) is 58.6 Å². The van der Waals surface area contributed by atoms with Gasteiger partial charge in [0.05, 0.1) is 21.3 Å². The Balaban J connectivity index is 1.04. The summed E-state index contributed by atoms with van der Waals surface area (Å²) in [4.78, 5) is 58.9. The van der Waals surface area contributed by atoms with Gasteiger partial charge in [0.15, 0.2) is 0 Å². The fourth-order valence-electron chi connectivity index (χ4n) is 5.17. The average Bonchev–Trinajstić information content (AvgIpc) is 3.46. The maximum atomic E-state index is 15.2. The third kappa shape index (κ3) is 4.20. The first-order chi connectivity index (χ1) is 17.9. The second kappa shape index (κ2) is 9.18. The van der Waals surface area contributed by atoms with Crippen LogP contribution in [0.15, 0.2) is 30.0 Å². The Labute approximate surface area is 214 Å². The van der Waals surface area contributed by atoms with Gasteiger partial charge in [0.25, 0.3) is 5.91 Å². The van der Waals surface area contributed by atoms with Crippen LogP contribution < -0.4 is 10.6 Å². The molecular weight excluding hydrogens is 501 g/mol. The molecule has 190 valence electrons. The molecular formula is C25H22FN5O5S. The summed E-state index contributed by atoms with van der Waals surface area (Å²) in [7, 11) is 0. The van der Waals surface area contributed by atoms with Gasteiger partial charge in [-0.05, 0) is 30.7 Å². The number of halogens is 1. The zero-order valence-corrected chi connectivity index (χ0v) is 20.3. The SMILES string of the molecule is O=C1CCC(N2Cc3ccc(CNC(=O)OC4CC(c5cncc6scnc56)C4)c(F)c3C2=O)C(=O)N1. The summed E-state index contributed by atoms with van der Waals surface area (Å²) < 4.78 is 21.7. The van der Waals surface area contributed by atoms with Crippen LogP contribution in [0.4, 0.5) is 9.18 Å². The Bertz CT molecular complexity index is 1450. The number of hydrogen-bond donors (Lipinski definition) is 2.